The average Bonchev–Trinajstić information content (AvgIpc) is 1.82. The van der Waals surface area contributed by atoms with E-state index in [1.807, 2.05) is 0 Å². The summed E-state index contributed by atoms with van der Waals surface area (Å²) in [5, 5.41) is 18.2. The van der Waals surface area contributed by atoms with Gasteiger partial charge in [-0.25, -0.2) is 0 Å². The van der Waals surface area contributed by atoms with E-state index in [9.17, 15) is 4.79 Å². The molecule has 0 aromatic carbocycles. The van der Waals surface area contributed by atoms with Gasteiger partial charge in [-0.05, 0) is 0 Å². The molecule has 0 aliphatic carbocycles. The summed E-state index contributed by atoms with van der Waals surface area (Å²) in [6.07, 6.45) is 1.56. The van der Waals surface area contributed by atoms with Crippen molar-refractivity contribution in [2.45, 2.75) is 6.04 Å². The van der Waals surface area contributed by atoms with E-state index in [-0.39, 0.29) is 6.54 Å². The van der Waals surface area contributed by atoms with Gasteiger partial charge < -0.3 is 16.2 Å². The number of nitrogens with one attached hydrogen (secondary N) is 1. The number of nitrogens with two attached hydrogens (primary N) is 1. The van der Waals surface area contributed by atoms with Gasteiger partial charge in [0.05, 0.1) is 6.54 Å². The fraction of sp³-hybridized carbons (Fsp3) is 0.500. The molecule has 0 spiro atoms. The lowest BCUT2D eigenvalue weighted by atomic mass is 10.3. The zero-order valence-corrected chi connectivity index (χ0v) is 4.66. The van der Waals surface area contributed by atoms with Crippen LogP contribution in [-0.2, 0) is 4.79 Å². The van der Waals surface area contributed by atoms with Crippen molar-refractivity contribution in [3.05, 3.63) is 0 Å². The van der Waals surface area contributed by atoms with Crippen LogP contribution in [0.2, 0.25) is 0 Å². The molecule has 0 aliphatic rings. The second-order valence-electron chi connectivity index (χ2n) is 1.44. The number of hydrogen-bond acceptors (Lipinski definition) is 4. The molecule has 0 bridgehead atoms. The van der Waals surface area contributed by atoms with E-state index in [2.05, 4.69) is 5.32 Å². The number of aliphatic carboxylic acids is 1. The molecule has 5 nitrogen and oxygen atoms in total. The molecule has 0 aromatic heterocycles. The SMILES string of the molecule is N#CNC[C@H](N)C(=O)O. The molecule has 0 saturated carbocycles. The molecular formula is C4H7N3O2. The van der Waals surface area contributed by atoms with Gasteiger partial charge in [-0.2, -0.15) is 5.26 Å². The summed E-state index contributed by atoms with van der Waals surface area (Å²) in [5.41, 5.74) is 4.99. The lowest BCUT2D eigenvalue weighted by Crippen LogP contribution is -2.38. The van der Waals surface area contributed by atoms with Gasteiger partial charge in [-0.1, -0.05) is 0 Å². The minimum absolute atomic E-state index is 0.0220. The van der Waals surface area contributed by atoms with Gasteiger partial charge in [0.15, 0.2) is 6.19 Å². The van der Waals surface area contributed by atoms with Crippen molar-refractivity contribution < 1.29 is 9.90 Å². The van der Waals surface area contributed by atoms with Crippen LogP contribution in [0.5, 0.6) is 0 Å². The Hall–Kier alpha value is -1.28. The van der Waals surface area contributed by atoms with E-state index in [0.29, 0.717) is 0 Å². The monoisotopic (exact) mass is 129 g/mol. The van der Waals surface area contributed by atoms with Gasteiger partial charge in [0.25, 0.3) is 0 Å². The summed E-state index contributed by atoms with van der Waals surface area (Å²) in [5.74, 6) is -1.11. The van der Waals surface area contributed by atoms with E-state index in [4.69, 9.17) is 16.1 Å². The van der Waals surface area contributed by atoms with Crippen molar-refractivity contribution in [3.63, 3.8) is 0 Å². The fourth-order valence-corrected chi connectivity index (χ4v) is 0.243. The van der Waals surface area contributed by atoms with Crippen LogP contribution in [0, 0.1) is 11.5 Å². The smallest absolute Gasteiger partial charge is 0.322 e. The maximum absolute atomic E-state index is 9.93. The molecule has 0 fully saturated rings. The predicted octanol–water partition coefficient (Wildman–Crippen LogP) is -1.53. The van der Waals surface area contributed by atoms with Crippen molar-refractivity contribution in [1.82, 2.24) is 5.32 Å². The molecule has 0 rings (SSSR count). The first-order valence-corrected chi connectivity index (χ1v) is 2.29. The van der Waals surface area contributed by atoms with Gasteiger partial charge in [-0.15, -0.1) is 0 Å². The van der Waals surface area contributed by atoms with Crippen LogP contribution < -0.4 is 11.1 Å². The molecule has 0 amide bonds. The molecule has 0 heterocycles. The number of carboxylic acid groups (broad SMARTS) is 1. The molecule has 50 valence electrons. The van der Waals surface area contributed by atoms with E-state index in [0.717, 1.165) is 0 Å². The minimum Gasteiger partial charge on any atom is -0.480 e. The van der Waals surface area contributed by atoms with Gasteiger partial charge in [-0.3, -0.25) is 4.79 Å². The van der Waals surface area contributed by atoms with Crippen LogP contribution in [0.3, 0.4) is 0 Å². The molecule has 0 radical (unpaired) electrons. The third-order valence-electron chi connectivity index (χ3n) is 0.718. The first-order chi connectivity index (χ1) is 4.18. The third kappa shape index (κ3) is 3.32. The summed E-state index contributed by atoms with van der Waals surface area (Å²) in [6, 6.07) is -0.996. The van der Waals surface area contributed by atoms with Crippen LogP contribution in [0.4, 0.5) is 0 Å². The molecule has 0 unspecified atom stereocenters. The molecular weight excluding hydrogens is 122 g/mol. The Labute approximate surface area is 52.1 Å². The van der Waals surface area contributed by atoms with Crippen molar-refractivity contribution in [2.24, 2.45) is 5.73 Å². The van der Waals surface area contributed by atoms with Crippen molar-refractivity contribution >= 4 is 5.97 Å². The van der Waals surface area contributed by atoms with Gasteiger partial charge in [0.1, 0.15) is 6.04 Å². The molecule has 0 aliphatic heterocycles. The second kappa shape index (κ2) is 3.69. The summed E-state index contributed by atoms with van der Waals surface area (Å²) in [7, 11) is 0. The number of rotatable bonds is 3. The Morgan fingerprint density at radius 1 is 2.00 bits per heavy atom. The Morgan fingerprint density at radius 3 is 2.89 bits per heavy atom. The van der Waals surface area contributed by atoms with E-state index < -0.39 is 12.0 Å². The van der Waals surface area contributed by atoms with Crippen LogP contribution >= 0.6 is 0 Å². The standard InChI is InChI=1S/C4H7N3O2/c5-2-7-1-3(6)4(8)9/h3,7H,1,6H2,(H,8,9)/t3-/m0/s1. The Balaban J connectivity index is 3.41. The van der Waals surface area contributed by atoms with Crippen molar-refractivity contribution in [2.75, 3.05) is 6.54 Å². The molecule has 1 atom stereocenters. The van der Waals surface area contributed by atoms with E-state index >= 15 is 0 Å². The van der Waals surface area contributed by atoms with Crippen LogP contribution in [0.1, 0.15) is 0 Å². The Bertz CT molecular complexity index is 139. The quantitative estimate of drug-likeness (QED) is 0.317. The normalized spacial score (nSPS) is 11.6. The summed E-state index contributed by atoms with van der Waals surface area (Å²) < 4.78 is 0. The average molecular weight is 129 g/mol. The Morgan fingerprint density at radius 2 is 2.56 bits per heavy atom. The largest absolute Gasteiger partial charge is 0.480 e. The maximum Gasteiger partial charge on any atom is 0.322 e. The highest BCUT2D eigenvalue weighted by molar-refractivity contribution is 5.73. The van der Waals surface area contributed by atoms with Gasteiger partial charge in [0, 0.05) is 0 Å². The number of carbonyl (C=O) groups is 1. The zero-order chi connectivity index (χ0) is 7.28. The molecule has 4 N–H and O–H groups in total. The fourth-order valence-electron chi connectivity index (χ4n) is 0.243. The second-order valence-corrected chi connectivity index (χ2v) is 1.44. The predicted molar refractivity (Wildman–Crippen MR) is 29.2 cm³/mol. The summed E-state index contributed by atoms with van der Waals surface area (Å²) >= 11 is 0. The number of nitrogens with zero attached hydrogens (tertiary/aromatic N) is 1. The van der Waals surface area contributed by atoms with Crippen molar-refractivity contribution in [3.8, 4) is 6.19 Å². The highest BCUT2D eigenvalue weighted by Gasteiger charge is 2.08. The molecule has 0 saturated heterocycles. The summed E-state index contributed by atoms with van der Waals surface area (Å²) in [4.78, 5) is 9.93. The lowest BCUT2D eigenvalue weighted by molar-refractivity contribution is -0.138. The third-order valence-corrected chi connectivity index (χ3v) is 0.718. The Kier molecular flexibility index (Phi) is 3.16. The van der Waals surface area contributed by atoms with Crippen molar-refractivity contribution in [1.29, 1.82) is 5.26 Å². The number of carboxylic acids is 1. The van der Waals surface area contributed by atoms with E-state index in [1.54, 1.807) is 6.19 Å². The summed E-state index contributed by atoms with van der Waals surface area (Å²) in [6.45, 7) is -0.0220. The van der Waals surface area contributed by atoms with E-state index in [1.165, 1.54) is 0 Å². The van der Waals surface area contributed by atoms with Gasteiger partial charge >= 0.3 is 5.97 Å². The first-order valence-electron chi connectivity index (χ1n) is 2.29. The molecule has 0 aromatic rings. The minimum atomic E-state index is -1.11. The molecule has 9 heavy (non-hydrogen) atoms. The number of nitriles is 1. The maximum atomic E-state index is 9.93. The van der Waals surface area contributed by atoms with Crippen LogP contribution in [0.25, 0.3) is 0 Å². The molecule has 5 heteroatoms. The number of hydrogen-bond donors (Lipinski definition) is 3. The topological polar surface area (TPSA) is 99.1 Å². The lowest BCUT2D eigenvalue weighted by Gasteiger charge is -2.01. The zero-order valence-electron chi connectivity index (χ0n) is 4.66. The highest BCUT2D eigenvalue weighted by atomic mass is 16.4. The highest BCUT2D eigenvalue weighted by Crippen LogP contribution is 1.72. The first kappa shape index (κ1) is 7.72. The van der Waals surface area contributed by atoms with Crippen LogP contribution in [0.15, 0.2) is 0 Å². The van der Waals surface area contributed by atoms with Gasteiger partial charge in [0.2, 0.25) is 0 Å². The van der Waals surface area contributed by atoms with Crippen LogP contribution in [-0.4, -0.2) is 23.7 Å².